The first-order valence-electron chi connectivity index (χ1n) is 6.64. The highest BCUT2D eigenvalue weighted by Gasteiger charge is 2.17. The summed E-state index contributed by atoms with van der Waals surface area (Å²) < 4.78 is 5.65. The van der Waals surface area contributed by atoms with Crippen molar-refractivity contribution in [2.45, 2.75) is 26.8 Å². The summed E-state index contributed by atoms with van der Waals surface area (Å²) in [5, 5.41) is 0.732. The molecule has 0 bridgehead atoms. The molecule has 2 N–H and O–H groups in total. The van der Waals surface area contributed by atoms with Gasteiger partial charge in [0.05, 0.1) is 13.2 Å². The van der Waals surface area contributed by atoms with E-state index in [0.717, 1.165) is 42.5 Å². The smallest absolute Gasteiger partial charge is 0.191 e. The molecule has 0 aliphatic carbocycles. The number of fused-ring (bicyclic) bond motifs is 1. The van der Waals surface area contributed by atoms with E-state index in [2.05, 4.69) is 18.8 Å². The van der Waals surface area contributed by atoms with Gasteiger partial charge in [-0.15, -0.1) is 24.0 Å². The number of rotatable bonds is 4. The molecule has 1 aliphatic rings. The van der Waals surface area contributed by atoms with Gasteiger partial charge in [-0.1, -0.05) is 11.6 Å². The maximum atomic E-state index is 6.12. The average molecular weight is 410 g/mol. The van der Waals surface area contributed by atoms with Gasteiger partial charge in [0.1, 0.15) is 5.75 Å². The number of aliphatic imine (C=N–C) groups is 1. The van der Waals surface area contributed by atoms with E-state index in [-0.39, 0.29) is 24.0 Å². The number of hydrogen-bond donors (Lipinski definition) is 1. The van der Waals surface area contributed by atoms with Gasteiger partial charge < -0.3 is 15.4 Å². The van der Waals surface area contributed by atoms with Gasteiger partial charge in [0.2, 0.25) is 0 Å². The van der Waals surface area contributed by atoms with Gasteiger partial charge in [-0.05, 0) is 31.5 Å². The molecule has 1 heterocycles. The van der Waals surface area contributed by atoms with E-state index in [1.54, 1.807) is 0 Å². The first kappa shape index (κ1) is 17.4. The standard InChI is InChI=1S/C14H20ClN3O.HI/c1-3-18(4-2)14(16)17-9-11-8-12(15)7-10-5-6-19-13(10)11;/h7-8H,3-6,9H2,1-2H3,(H2,16,17);1H. The lowest BCUT2D eigenvalue weighted by atomic mass is 10.1. The summed E-state index contributed by atoms with van der Waals surface area (Å²) in [5.41, 5.74) is 8.15. The van der Waals surface area contributed by atoms with Crippen LogP contribution in [0, 0.1) is 0 Å². The van der Waals surface area contributed by atoms with E-state index >= 15 is 0 Å². The monoisotopic (exact) mass is 409 g/mol. The summed E-state index contributed by atoms with van der Waals surface area (Å²) >= 11 is 6.12. The van der Waals surface area contributed by atoms with E-state index in [0.29, 0.717) is 12.5 Å². The largest absolute Gasteiger partial charge is 0.493 e. The van der Waals surface area contributed by atoms with Crippen LogP contribution in [-0.2, 0) is 13.0 Å². The maximum Gasteiger partial charge on any atom is 0.191 e. The van der Waals surface area contributed by atoms with Crippen molar-refractivity contribution in [3.05, 3.63) is 28.3 Å². The van der Waals surface area contributed by atoms with Crippen LogP contribution in [0.5, 0.6) is 5.75 Å². The summed E-state index contributed by atoms with van der Waals surface area (Å²) in [6, 6.07) is 3.87. The lowest BCUT2D eigenvalue weighted by molar-refractivity contribution is 0.353. The van der Waals surface area contributed by atoms with Gasteiger partial charge in [-0.2, -0.15) is 0 Å². The van der Waals surface area contributed by atoms with Crippen LogP contribution >= 0.6 is 35.6 Å². The Kier molecular flexibility index (Phi) is 6.88. The summed E-state index contributed by atoms with van der Waals surface area (Å²) in [5.74, 6) is 1.50. The summed E-state index contributed by atoms with van der Waals surface area (Å²) in [4.78, 5) is 6.46. The number of benzene rings is 1. The molecule has 0 amide bonds. The molecule has 0 aromatic heterocycles. The Morgan fingerprint density at radius 3 is 2.75 bits per heavy atom. The summed E-state index contributed by atoms with van der Waals surface area (Å²) in [6.45, 7) is 7.06. The van der Waals surface area contributed by atoms with Gasteiger partial charge in [-0.25, -0.2) is 4.99 Å². The van der Waals surface area contributed by atoms with Crippen LogP contribution in [0.4, 0.5) is 0 Å². The van der Waals surface area contributed by atoms with Crippen molar-refractivity contribution >= 4 is 41.5 Å². The molecule has 1 aromatic carbocycles. The Morgan fingerprint density at radius 2 is 2.10 bits per heavy atom. The highest BCUT2D eigenvalue weighted by molar-refractivity contribution is 14.0. The second-order valence-electron chi connectivity index (χ2n) is 4.50. The van der Waals surface area contributed by atoms with Crippen molar-refractivity contribution in [2.24, 2.45) is 10.7 Å². The van der Waals surface area contributed by atoms with Gasteiger partial charge in [0.15, 0.2) is 5.96 Å². The minimum Gasteiger partial charge on any atom is -0.493 e. The lowest BCUT2D eigenvalue weighted by Crippen LogP contribution is -2.37. The molecule has 20 heavy (non-hydrogen) atoms. The second kappa shape index (κ2) is 7.93. The normalized spacial score (nSPS) is 13.4. The molecule has 6 heteroatoms. The fourth-order valence-electron chi connectivity index (χ4n) is 2.28. The second-order valence-corrected chi connectivity index (χ2v) is 4.93. The van der Waals surface area contributed by atoms with Gasteiger partial charge >= 0.3 is 0 Å². The van der Waals surface area contributed by atoms with Gasteiger partial charge in [0, 0.05) is 30.1 Å². The van der Waals surface area contributed by atoms with E-state index < -0.39 is 0 Å². The zero-order valence-corrected chi connectivity index (χ0v) is 14.9. The van der Waals surface area contributed by atoms with Crippen molar-refractivity contribution in [1.29, 1.82) is 0 Å². The van der Waals surface area contributed by atoms with Crippen LogP contribution in [0.2, 0.25) is 5.02 Å². The molecule has 0 radical (unpaired) electrons. The Labute approximate surface area is 142 Å². The summed E-state index contributed by atoms with van der Waals surface area (Å²) in [6.07, 6.45) is 0.915. The Morgan fingerprint density at radius 1 is 1.40 bits per heavy atom. The molecule has 0 saturated carbocycles. The number of guanidine groups is 1. The predicted molar refractivity (Wildman–Crippen MR) is 94.3 cm³/mol. The topological polar surface area (TPSA) is 50.8 Å². The quantitative estimate of drug-likeness (QED) is 0.472. The molecule has 2 rings (SSSR count). The first-order chi connectivity index (χ1) is 9.15. The molecule has 4 nitrogen and oxygen atoms in total. The molecule has 112 valence electrons. The molecule has 0 unspecified atom stereocenters. The highest BCUT2D eigenvalue weighted by atomic mass is 127. The van der Waals surface area contributed by atoms with Crippen molar-refractivity contribution in [1.82, 2.24) is 4.90 Å². The van der Waals surface area contributed by atoms with Gasteiger partial charge in [-0.3, -0.25) is 0 Å². The molecule has 1 aromatic rings. The fraction of sp³-hybridized carbons (Fsp3) is 0.500. The number of ether oxygens (including phenoxy) is 1. The number of hydrogen-bond acceptors (Lipinski definition) is 2. The minimum atomic E-state index is 0. The van der Waals surface area contributed by atoms with Crippen LogP contribution in [0.3, 0.4) is 0 Å². The van der Waals surface area contributed by atoms with Crippen LogP contribution in [0.15, 0.2) is 17.1 Å². The van der Waals surface area contributed by atoms with Crippen molar-refractivity contribution in [3.8, 4) is 5.75 Å². The van der Waals surface area contributed by atoms with E-state index in [9.17, 15) is 0 Å². The van der Waals surface area contributed by atoms with Crippen molar-refractivity contribution in [3.63, 3.8) is 0 Å². The van der Waals surface area contributed by atoms with E-state index in [1.165, 1.54) is 5.56 Å². The van der Waals surface area contributed by atoms with Crippen LogP contribution < -0.4 is 10.5 Å². The zero-order valence-electron chi connectivity index (χ0n) is 11.9. The highest BCUT2D eigenvalue weighted by Crippen LogP contribution is 2.33. The predicted octanol–water partition coefficient (Wildman–Crippen LogP) is 3.05. The van der Waals surface area contributed by atoms with Crippen LogP contribution in [0.25, 0.3) is 0 Å². The molecule has 0 saturated heterocycles. The van der Waals surface area contributed by atoms with E-state index in [4.69, 9.17) is 22.1 Å². The Bertz CT molecular complexity index is 490. The fourth-order valence-corrected chi connectivity index (χ4v) is 2.54. The first-order valence-corrected chi connectivity index (χ1v) is 7.02. The lowest BCUT2D eigenvalue weighted by Gasteiger charge is -2.19. The third-order valence-electron chi connectivity index (χ3n) is 3.32. The van der Waals surface area contributed by atoms with Crippen molar-refractivity contribution in [2.75, 3.05) is 19.7 Å². The summed E-state index contributed by atoms with van der Waals surface area (Å²) in [7, 11) is 0. The maximum absolute atomic E-state index is 6.12. The Balaban J connectivity index is 0.00000200. The van der Waals surface area contributed by atoms with Gasteiger partial charge in [0.25, 0.3) is 0 Å². The number of halogens is 2. The van der Waals surface area contributed by atoms with Crippen LogP contribution in [-0.4, -0.2) is 30.6 Å². The molecule has 0 atom stereocenters. The van der Waals surface area contributed by atoms with E-state index in [1.807, 2.05) is 17.0 Å². The number of nitrogens with two attached hydrogens (primary N) is 1. The minimum absolute atomic E-state index is 0. The molecule has 1 aliphatic heterocycles. The molecular formula is C14H21ClIN3O. The molecule has 0 spiro atoms. The third-order valence-corrected chi connectivity index (χ3v) is 3.54. The third kappa shape index (κ3) is 3.91. The SMILES string of the molecule is CCN(CC)C(N)=NCc1cc(Cl)cc2c1OCC2.I. The average Bonchev–Trinajstić information content (AvgIpc) is 2.85. The molecular weight excluding hydrogens is 389 g/mol. The zero-order chi connectivity index (χ0) is 13.8. The van der Waals surface area contributed by atoms with Crippen LogP contribution in [0.1, 0.15) is 25.0 Å². The number of nitrogens with zero attached hydrogens (tertiary/aromatic N) is 2. The molecule has 0 fully saturated rings. The van der Waals surface area contributed by atoms with Crippen molar-refractivity contribution < 1.29 is 4.74 Å². The Hall–Kier alpha value is -0.690.